The van der Waals surface area contributed by atoms with Gasteiger partial charge in [-0.3, -0.25) is 18.6 Å². The molecule has 0 aromatic carbocycles. The highest BCUT2D eigenvalue weighted by Crippen LogP contribution is 2.43. The van der Waals surface area contributed by atoms with E-state index in [0.717, 1.165) is 64.2 Å². The van der Waals surface area contributed by atoms with Crippen LogP contribution in [0.15, 0.2) is 0 Å². The second-order valence-electron chi connectivity index (χ2n) is 12.6. The van der Waals surface area contributed by atoms with Crippen molar-refractivity contribution in [3.63, 3.8) is 0 Å². The van der Waals surface area contributed by atoms with Gasteiger partial charge in [0, 0.05) is 12.8 Å². The van der Waals surface area contributed by atoms with E-state index in [-0.39, 0.29) is 25.2 Å². The first-order valence-corrected chi connectivity index (χ1v) is 20.3. The Morgan fingerprint density at radius 2 is 0.689 bits per heavy atom. The molecular weight excluding hydrogens is 591 g/mol. The summed E-state index contributed by atoms with van der Waals surface area (Å²) < 4.78 is 32.8. The zero-order valence-electron chi connectivity index (χ0n) is 29.4. The minimum absolute atomic E-state index is 0.109. The number of carbonyl (C=O) groups is 2. The van der Waals surface area contributed by atoms with Gasteiger partial charge in [0.1, 0.15) is 0 Å². The van der Waals surface area contributed by atoms with E-state index in [2.05, 4.69) is 13.8 Å². The zero-order valence-corrected chi connectivity index (χ0v) is 30.3. The molecule has 0 radical (unpaired) electrons. The SMILES string of the molecule is CCCCCCCCCCCC(=O)OCCCCCCOP(=O)(O)OCCCCCCOC(=O)CCCCCCCCCCC. The van der Waals surface area contributed by atoms with E-state index in [0.29, 0.717) is 38.9 Å². The van der Waals surface area contributed by atoms with Gasteiger partial charge in [-0.15, -0.1) is 0 Å². The van der Waals surface area contributed by atoms with Crippen molar-refractivity contribution in [2.75, 3.05) is 26.4 Å². The quantitative estimate of drug-likeness (QED) is 0.0401. The van der Waals surface area contributed by atoms with Gasteiger partial charge >= 0.3 is 19.8 Å². The number of phosphoric acid groups is 1. The summed E-state index contributed by atoms with van der Waals surface area (Å²) in [6, 6.07) is 0. The molecule has 0 bridgehead atoms. The molecule has 0 aromatic rings. The maximum Gasteiger partial charge on any atom is 0.472 e. The van der Waals surface area contributed by atoms with E-state index in [1.165, 1.54) is 89.9 Å². The van der Waals surface area contributed by atoms with Crippen molar-refractivity contribution in [1.29, 1.82) is 0 Å². The Bertz CT molecular complexity index is 649. The maximum atomic E-state index is 12.0. The molecule has 0 heterocycles. The van der Waals surface area contributed by atoms with Crippen LogP contribution in [0.1, 0.15) is 194 Å². The summed E-state index contributed by atoms with van der Waals surface area (Å²) in [6.45, 7) is 5.66. The molecule has 0 unspecified atom stereocenters. The molecule has 0 aliphatic rings. The molecule has 0 saturated heterocycles. The minimum Gasteiger partial charge on any atom is -0.466 e. The third-order valence-electron chi connectivity index (χ3n) is 8.08. The lowest BCUT2D eigenvalue weighted by Gasteiger charge is -2.12. The number of phosphoric ester groups is 1. The highest BCUT2D eigenvalue weighted by atomic mass is 31.2. The van der Waals surface area contributed by atoms with Crippen LogP contribution >= 0.6 is 7.82 Å². The van der Waals surface area contributed by atoms with E-state index in [9.17, 15) is 19.0 Å². The van der Waals surface area contributed by atoms with Gasteiger partial charge < -0.3 is 14.4 Å². The Balaban J connectivity index is 3.43. The van der Waals surface area contributed by atoms with Crippen molar-refractivity contribution < 1.29 is 37.6 Å². The summed E-state index contributed by atoms with van der Waals surface area (Å²) >= 11 is 0. The smallest absolute Gasteiger partial charge is 0.466 e. The molecule has 0 aromatic heterocycles. The minimum atomic E-state index is -4.03. The summed E-state index contributed by atoms with van der Waals surface area (Å²) in [5.41, 5.74) is 0. The molecule has 268 valence electrons. The van der Waals surface area contributed by atoms with Gasteiger partial charge in [0.2, 0.25) is 0 Å². The molecule has 0 atom stereocenters. The lowest BCUT2D eigenvalue weighted by molar-refractivity contribution is -0.144. The number of esters is 2. The highest BCUT2D eigenvalue weighted by molar-refractivity contribution is 7.47. The number of hydrogen-bond donors (Lipinski definition) is 1. The van der Waals surface area contributed by atoms with Gasteiger partial charge in [-0.25, -0.2) is 4.57 Å². The second-order valence-corrected chi connectivity index (χ2v) is 14.0. The van der Waals surface area contributed by atoms with Gasteiger partial charge in [0.15, 0.2) is 0 Å². The highest BCUT2D eigenvalue weighted by Gasteiger charge is 2.20. The summed E-state index contributed by atoms with van der Waals surface area (Å²) in [7, 11) is -4.03. The Labute approximate surface area is 277 Å². The van der Waals surface area contributed by atoms with E-state index in [1.807, 2.05) is 0 Å². The monoisotopic (exact) mass is 662 g/mol. The van der Waals surface area contributed by atoms with Crippen LogP contribution in [0, 0.1) is 0 Å². The molecule has 1 N–H and O–H groups in total. The molecule has 0 saturated carbocycles. The molecule has 0 fully saturated rings. The van der Waals surface area contributed by atoms with Crippen LogP contribution in [0.4, 0.5) is 0 Å². The normalized spacial score (nSPS) is 11.6. The zero-order chi connectivity index (χ0) is 33.1. The number of carbonyl (C=O) groups excluding carboxylic acids is 2. The predicted octanol–water partition coefficient (Wildman–Crippen LogP) is 11.2. The average Bonchev–Trinajstić information content (AvgIpc) is 3.02. The average molecular weight is 663 g/mol. The van der Waals surface area contributed by atoms with Crippen LogP contribution in [0.5, 0.6) is 0 Å². The Hall–Kier alpha value is -0.950. The first-order valence-electron chi connectivity index (χ1n) is 18.8. The van der Waals surface area contributed by atoms with Crippen LogP contribution in [0.25, 0.3) is 0 Å². The van der Waals surface area contributed by atoms with Crippen molar-refractivity contribution in [3.8, 4) is 0 Å². The van der Waals surface area contributed by atoms with Crippen LogP contribution in [-0.2, 0) is 32.7 Å². The van der Waals surface area contributed by atoms with Crippen molar-refractivity contribution >= 4 is 19.8 Å². The molecule has 0 amide bonds. The summed E-state index contributed by atoms with van der Waals surface area (Å²) in [5, 5.41) is 0. The molecule has 45 heavy (non-hydrogen) atoms. The van der Waals surface area contributed by atoms with E-state index < -0.39 is 7.82 Å². The van der Waals surface area contributed by atoms with Gasteiger partial charge in [0.25, 0.3) is 0 Å². The third-order valence-corrected chi connectivity index (χ3v) is 9.10. The first kappa shape index (κ1) is 44.0. The second kappa shape index (κ2) is 34.4. The van der Waals surface area contributed by atoms with E-state index in [4.69, 9.17) is 18.5 Å². The van der Waals surface area contributed by atoms with Gasteiger partial charge in [-0.2, -0.15) is 0 Å². The number of ether oxygens (including phenoxy) is 2. The standard InChI is InChI=1S/C36H71O8P/c1-3-5-7-9-11-13-15-17-23-29-35(37)41-31-25-19-21-27-33-43-45(39,40)44-34-28-22-20-26-32-42-36(38)30-24-18-16-14-12-10-8-6-4-2/h3-34H2,1-2H3,(H,39,40). The van der Waals surface area contributed by atoms with Crippen LogP contribution < -0.4 is 0 Å². The Morgan fingerprint density at radius 1 is 0.422 bits per heavy atom. The summed E-state index contributed by atoms with van der Waals surface area (Å²) in [6.07, 6.45) is 29.4. The molecule has 0 spiro atoms. The fourth-order valence-corrected chi connectivity index (χ4v) is 5.98. The van der Waals surface area contributed by atoms with Crippen LogP contribution in [-0.4, -0.2) is 43.3 Å². The van der Waals surface area contributed by atoms with Gasteiger partial charge in [-0.05, 0) is 51.4 Å². The number of rotatable bonds is 36. The van der Waals surface area contributed by atoms with Crippen molar-refractivity contribution in [2.24, 2.45) is 0 Å². The molecular formula is C36H71O8P. The third kappa shape index (κ3) is 35.7. The Kier molecular flexibility index (Phi) is 33.7. The van der Waals surface area contributed by atoms with Crippen LogP contribution in [0.3, 0.4) is 0 Å². The number of unbranched alkanes of at least 4 members (excludes halogenated alkanes) is 22. The summed E-state index contributed by atoms with van der Waals surface area (Å²) in [4.78, 5) is 33.5. The first-order chi connectivity index (χ1) is 21.9. The topological polar surface area (TPSA) is 108 Å². The lowest BCUT2D eigenvalue weighted by Crippen LogP contribution is -2.06. The predicted molar refractivity (Wildman–Crippen MR) is 184 cm³/mol. The van der Waals surface area contributed by atoms with Crippen molar-refractivity contribution in [1.82, 2.24) is 0 Å². The Morgan fingerprint density at radius 3 is 1.02 bits per heavy atom. The summed E-state index contributed by atoms with van der Waals surface area (Å²) in [5.74, 6) is -0.217. The van der Waals surface area contributed by atoms with Crippen molar-refractivity contribution in [2.45, 2.75) is 194 Å². The molecule has 9 heteroatoms. The van der Waals surface area contributed by atoms with Crippen LogP contribution in [0.2, 0.25) is 0 Å². The number of hydrogen-bond acceptors (Lipinski definition) is 7. The molecule has 0 aliphatic heterocycles. The fourth-order valence-electron chi connectivity index (χ4n) is 5.19. The van der Waals surface area contributed by atoms with Gasteiger partial charge in [-0.1, -0.05) is 129 Å². The van der Waals surface area contributed by atoms with Gasteiger partial charge in [0.05, 0.1) is 26.4 Å². The lowest BCUT2D eigenvalue weighted by atomic mass is 10.1. The molecule has 8 nitrogen and oxygen atoms in total. The molecule has 0 rings (SSSR count). The molecule has 0 aliphatic carbocycles. The van der Waals surface area contributed by atoms with E-state index in [1.54, 1.807) is 0 Å². The largest absolute Gasteiger partial charge is 0.472 e. The van der Waals surface area contributed by atoms with E-state index >= 15 is 0 Å². The maximum absolute atomic E-state index is 12.0. The fraction of sp³-hybridized carbons (Fsp3) is 0.944. The van der Waals surface area contributed by atoms with Crippen molar-refractivity contribution in [3.05, 3.63) is 0 Å².